The topological polar surface area (TPSA) is 72.5 Å². The van der Waals surface area contributed by atoms with E-state index >= 15 is 0 Å². The predicted molar refractivity (Wildman–Crippen MR) is 106 cm³/mol. The Morgan fingerprint density at radius 3 is 2.29 bits per heavy atom. The SMILES string of the molecule is COc1ccc(C2OCC(CCCCOP(=O)(OC(C)C)OC(C)C)O2)cc1. The Labute approximate surface area is 168 Å². The molecule has 7 nitrogen and oxygen atoms in total. The van der Waals surface area contributed by atoms with Crippen molar-refractivity contribution in [2.75, 3.05) is 20.3 Å². The van der Waals surface area contributed by atoms with Crippen molar-refractivity contribution in [1.29, 1.82) is 0 Å². The molecule has 1 aliphatic rings. The molecule has 1 aromatic rings. The summed E-state index contributed by atoms with van der Waals surface area (Å²) in [5.41, 5.74) is 0.976. The monoisotopic (exact) mass is 416 g/mol. The lowest BCUT2D eigenvalue weighted by atomic mass is 10.2. The van der Waals surface area contributed by atoms with E-state index in [9.17, 15) is 4.57 Å². The number of ether oxygens (including phenoxy) is 3. The molecular formula is C20H33O7P. The zero-order valence-electron chi connectivity index (χ0n) is 17.5. The summed E-state index contributed by atoms with van der Waals surface area (Å²) in [7, 11) is -1.88. The summed E-state index contributed by atoms with van der Waals surface area (Å²) in [4.78, 5) is 0. The van der Waals surface area contributed by atoms with Crippen molar-refractivity contribution in [3.63, 3.8) is 0 Å². The van der Waals surface area contributed by atoms with Crippen LogP contribution in [0.25, 0.3) is 0 Å². The van der Waals surface area contributed by atoms with Gasteiger partial charge in [0.05, 0.1) is 38.6 Å². The van der Waals surface area contributed by atoms with E-state index in [1.807, 2.05) is 24.3 Å². The van der Waals surface area contributed by atoms with Crippen LogP contribution in [-0.4, -0.2) is 38.6 Å². The zero-order chi connectivity index (χ0) is 20.6. The highest BCUT2D eigenvalue weighted by atomic mass is 31.2. The number of hydrogen-bond acceptors (Lipinski definition) is 7. The van der Waals surface area contributed by atoms with Crippen molar-refractivity contribution in [2.45, 2.75) is 71.6 Å². The molecule has 2 rings (SSSR count). The molecule has 160 valence electrons. The Morgan fingerprint density at radius 1 is 1.07 bits per heavy atom. The first kappa shape index (κ1) is 23.3. The molecule has 1 saturated heterocycles. The third-order valence-corrected chi connectivity index (χ3v) is 5.85. The molecule has 2 atom stereocenters. The van der Waals surface area contributed by atoms with Gasteiger partial charge in [-0.15, -0.1) is 0 Å². The van der Waals surface area contributed by atoms with Crippen LogP contribution in [0, 0.1) is 0 Å². The van der Waals surface area contributed by atoms with Crippen LogP contribution in [0.5, 0.6) is 5.75 Å². The molecule has 1 heterocycles. The van der Waals surface area contributed by atoms with Crippen LogP contribution in [0.3, 0.4) is 0 Å². The molecular weight excluding hydrogens is 383 g/mol. The third-order valence-electron chi connectivity index (χ3n) is 3.99. The van der Waals surface area contributed by atoms with Gasteiger partial charge < -0.3 is 14.2 Å². The van der Waals surface area contributed by atoms with E-state index in [1.54, 1.807) is 34.8 Å². The highest BCUT2D eigenvalue weighted by Gasteiger charge is 2.30. The summed E-state index contributed by atoms with van der Waals surface area (Å²) >= 11 is 0. The molecule has 0 N–H and O–H groups in total. The minimum absolute atomic E-state index is 0.0396. The molecule has 2 unspecified atom stereocenters. The average molecular weight is 416 g/mol. The number of methoxy groups -OCH3 is 1. The highest BCUT2D eigenvalue weighted by molar-refractivity contribution is 7.48. The normalized spacial score (nSPS) is 20.2. The van der Waals surface area contributed by atoms with Crippen molar-refractivity contribution in [3.8, 4) is 5.75 Å². The van der Waals surface area contributed by atoms with E-state index in [2.05, 4.69) is 0 Å². The summed E-state index contributed by atoms with van der Waals surface area (Å²) in [5.74, 6) is 0.804. The number of benzene rings is 1. The summed E-state index contributed by atoms with van der Waals surface area (Å²) < 4.78 is 45.6. The van der Waals surface area contributed by atoms with E-state index in [1.165, 1.54) is 0 Å². The molecule has 1 aliphatic heterocycles. The van der Waals surface area contributed by atoms with E-state index in [4.69, 9.17) is 27.8 Å². The van der Waals surface area contributed by atoms with Gasteiger partial charge in [-0.3, -0.25) is 13.6 Å². The summed E-state index contributed by atoms with van der Waals surface area (Å²) in [6, 6.07) is 7.67. The Morgan fingerprint density at radius 2 is 1.71 bits per heavy atom. The molecule has 0 bridgehead atoms. The highest BCUT2D eigenvalue weighted by Crippen LogP contribution is 2.51. The van der Waals surface area contributed by atoms with Gasteiger partial charge >= 0.3 is 7.82 Å². The van der Waals surface area contributed by atoms with E-state index in [-0.39, 0.29) is 24.6 Å². The van der Waals surface area contributed by atoms with Crippen molar-refractivity contribution in [2.24, 2.45) is 0 Å². The largest absolute Gasteiger partial charge is 0.497 e. The standard InChI is InChI=1S/C20H33O7P/c1-15(2)26-28(21,27-16(3)4)24-13-7-6-8-19-14-23-20(25-19)17-9-11-18(22-5)12-10-17/h9-12,15-16,19-20H,6-8,13-14H2,1-5H3. The number of phosphoric acid groups is 1. The molecule has 28 heavy (non-hydrogen) atoms. The summed E-state index contributed by atoms with van der Waals surface area (Å²) in [5, 5.41) is 0. The summed E-state index contributed by atoms with van der Waals surface area (Å²) in [6.45, 7) is 8.08. The molecule has 1 fully saturated rings. The Kier molecular flexibility index (Phi) is 9.41. The van der Waals surface area contributed by atoms with E-state index in [0.717, 1.165) is 30.6 Å². The quantitative estimate of drug-likeness (QED) is 0.340. The van der Waals surface area contributed by atoms with Gasteiger partial charge in [0.15, 0.2) is 6.29 Å². The van der Waals surface area contributed by atoms with Crippen molar-refractivity contribution in [1.82, 2.24) is 0 Å². The molecule has 0 aliphatic carbocycles. The maximum Gasteiger partial charge on any atom is 0.475 e. The van der Waals surface area contributed by atoms with Gasteiger partial charge in [-0.1, -0.05) is 12.1 Å². The van der Waals surface area contributed by atoms with Gasteiger partial charge in [0.2, 0.25) is 0 Å². The fraction of sp³-hybridized carbons (Fsp3) is 0.700. The maximum atomic E-state index is 12.6. The lowest BCUT2D eigenvalue weighted by Crippen LogP contribution is -2.12. The van der Waals surface area contributed by atoms with Gasteiger partial charge in [-0.2, -0.15) is 0 Å². The molecule has 8 heteroatoms. The molecule has 0 saturated carbocycles. The predicted octanol–water partition coefficient (Wildman–Crippen LogP) is 5.25. The van der Waals surface area contributed by atoms with Gasteiger partial charge in [0.1, 0.15) is 5.75 Å². The Bertz CT molecular complexity index is 603. The first-order valence-electron chi connectivity index (χ1n) is 9.83. The Hall–Kier alpha value is -0.950. The number of phosphoric ester groups is 1. The van der Waals surface area contributed by atoms with E-state index in [0.29, 0.717) is 13.2 Å². The molecule has 0 radical (unpaired) electrons. The van der Waals surface area contributed by atoms with Gasteiger partial charge in [-0.05, 0) is 59.1 Å². The van der Waals surface area contributed by atoms with Crippen LogP contribution < -0.4 is 4.74 Å². The van der Waals surface area contributed by atoms with Crippen LogP contribution in [0.1, 0.15) is 58.8 Å². The second-order valence-corrected chi connectivity index (χ2v) is 8.86. The van der Waals surface area contributed by atoms with Gasteiger partial charge in [0, 0.05) is 5.56 Å². The molecule has 0 amide bonds. The van der Waals surface area contributed by atoms with E-state index < -0.39 is 7.82 Å². The molecule has 0 spiro atoms. The van der Waals surface area contributed by atoms with Gasteiger partial charge in [-0.25, -0.2) is 4.57 Å². The Balaban J connectivity index is 1.68. The van der Waals surface area contributed by atoms with Crippen LogP contribution in [-0.2, 0) is 27.6 Å². The maximum absolute atomic E-state index is 12.6. The fourth-order valence-electron chi connectivity index (χ4n) is 2.79. The lowest BCUT2D eigenvalue weighted by molar-refractivity contribution is -0.0614. The van der Waals surface area contributed by atoms with Crippen molar-refractivity contribution in [3.05, 3.63) is 29.8 Å². The first-order chi connectivity index (χ1) is 13.3. The summed E-state index contributed by atoms with van der Waals surface area (Å²) in [6.07, 6.45) is 1.68. The van der Waals surface area contributed by atoms with Crippen molar-refractivity contribution >= 4 is 7.82 Å². The lowest BCUT2D eigenvalue weighted by Gasteiger charge is -2.21. The third kappa shape index (κ3) is 7.82. The second-order valence-electron chi connectivity index (χ2n) is 7.28. The first-order valence-corrected chi connectivity index (χ1v) is 11.3. The molecule has 1 aromatic carbocycles. The number of rotatable bonds is 12. The second kappa shape index (κ2) is 11.3. The van der Waals surface area contributed by atoms with Crippen LogP contribution in [0.4, 0.5) is 0 Å². The van der Waals surface area contributed by atoms with Crippen LogP contribution in [0.15, 0.2) is 24.3 Å². The van der Waals surface area contributed by atoms with Crippen LogP contribution >= 0.6 is 7.82 Å². The minimum Gasteiger partial charge on any atom is -0.497 e. The van der Waals surface area contributed by atoms with Crippen molar-refractivity contribution < 1.29 is 32.3 Å². The number of hydrogen-bond donors (Lipinski definition) is 0. The molecule has 0 aromatic heterocycles. The fourth-order valence-corrected chi connectivity index (χ4v) is 4.34. The zero-order valence-corrected chi connectivity index (χ0v) is 18.4. The average Bonchev–Trinajstić information content (AvgIpc) is 3.09. The smallest absolute Gasteiger partial charge is 0.475 e. The van der Waals surface area contributed by atoms with Gasteiger partial charge in [0.25, 0.3) is 0 Å². The van der Waals surface area contributed by atoms with Crippen LogP contribution in [0.2, 0.25) is 0 Å². The minimum atomic E-state index is -3.52. The number of unbranched alkanes of at least 4 members (excludes halogenated alkanes) is 1.